The summed E-state index contributed by atoms with van der Waals surface area (Å²) in [6, 6.07) is 15.8. The highest BCUT2D eigenvalue weighted by atomic mass is 16.5. The van der Waals surface area contributed by atoms with Crippen molar-refractivity contribution >= 4 is 5.91 Å². The van der Waals surface area contributed by atoms with Crippen molar-refractivity contribution in [3.63, 3.8) is 0 Å². The molecule has 1 saturated heterocycles. The number of likely N-dealkylation sites (tertiary alicyclic amines) is 1. The number of hydrogen-bond acceptors (Lipinski definition) is 3. The highest BCUT2D eigenvalue weighted by Gasteiger charge is 2.26. The maximum absolute atomic E-state index is 13.0. The molecule has 0 spiro atoms. The minimum absolute atomic E-state index is 0.0602. The smallest absolute Gasteiger partial charge is 0.254 e. The first-order chi connectivity index (χ1) is 11.7. The largest absolute Gasteiger partial charge is 0.496 e. The summed E-state index contributed by atoms with van der Waals surface area (Å²) in [5.41, 5.74) is 8.53. The van der Waals surface area contributed by atoms with E-state index in [4.69, 9.17) is 10.5 Å². The molecule has 0 radical (unpaired) electrons. The van der Waals surface area contributed by atoms with Crippen LogP contribution in [0.5, 0.6) is 5.75 Å². The van der Waals surface area contributed by atoms with E-state index in [0.717, 1.165) is 42.7 Å². The van der Waals surface area contributed by atoms with Crippen LogP contribution in [0.2, 0.25) is 0 Å². The first-order valence-corrected chi connectivity index (χ1v) is 8.49. The van der Waals surface area contributed by atoms with Crippen molar-refractivity contribution in [1.82, 2.24) is 4.90 Å². The first kappa shape index (κ1) is 16.5. The van der Waals surface area contributed by atoms with Crippen LogP contribution in [-0.2, 0) is 0 Å². The number of ether oxygens (including phenoxy) is 1. The van der Waals surface area contributed by atoms with Crippen LogP contribution in [0, 0.1) is 0 Å². The van der Waals surface area contributed by atoms with E-state index in [1.54, 1.807) is 7.11 Å². The van der Waals surface area contributed by atoms with Crippen LogP contribution in [-0.4, -0.2) is 37.0 Å². The molecule has 1 atom stereocenters. The summed E-state index contributed by atoms with van der Waals surface area (Å²) in [5, 5.41) is 0. The topological polar surface area (TPSA) is 55.6 Å². The molecule has 4 nitrogen and oxygen atoms in total. The molecule has 4 heteroatoms. The molecule has 1 aliphatic rings. The van der Waals surface area contributed by atoms with Gasteiger partial charge in [0.15, 0.2) is 0 Å². The van der Waals surface area contributed by atoms with Crippen molar-refractivity contribution in [1.29, 1.82) is 0 Å². The Morgan fingerprint density at radius 3 is 2.71 bits per heavy atom. The van der Waals surface area contributed by atoms with E-state index in [9.17, 15) is 4.79 Å². The lowest BCUT2D eigenvalue weighted by Gasteiger charge is -2.35. The van der Waals surface area contributed by atoms with Gasteiger partial charge in [0.1, 0.15) is 5.75 Å². The molecule has 0 saturated carbocycles. The Kier molecular flexibility index (Phi) is 5.16. The lowest BCUT2D eigenvalue weighted by Crippen LogP contribution is -2.47. The molecule has 2 N–H and O–H groups in total. The number of benzene rings is 2. The second-order valence-corrected chi connectivity index (χ2v) is 6.16. The molecule has 3 rings (SSSR count). The molecular formula is C20H24N2O2. The second-order valence-electron chi connectivity index (χ2n) is 6.16. The average Bonchev–Trinajstić information content (AvgIpc) is 2.67. The Morgan fingerprint density at radius 1 is 1.21 bits per heavy atom. The van der Waals surface area contributed by atoms with Crippen molar-refractivity contribution in [2.75, 3.05) is 20.2 Å². The molecule has 2 aromatic carbocycles. The summed E-state index contributed by atoms with van der Waals surface area (Å²) in [4.78, 5) is 14.9. The standard InChI is InChI=1S/C20H24N2O2/c1-24-19-11-10-16(13-18(19)15-7-3-2-4-8-15)20(23)22-12-6-5-9-17(22)14-21/h2-4,7-8,10-11,13,17H,5-6,9,12,14,21H2,1H3/t17-/m0/s1. The molecule has 2 aromatic rings. The number of piperidine rings is 1. The first-order valence-electron chi connectivity index (χ1n) is 8.49. The fraction of sp³-hybridized carbons (Fsp3) is 0.350. The van der Waals surface area contributed by atoms with Gasteiger partial charge in [0.05, 0.1) is 7.11 Å². The van der Waals surface area contributed by atoms with E-state index in [1.165, 1.54) is 0 Å². The summed E-state index contributed by atoms with van der Waals surface area (Å²) >= 11 is 0. The predicted molar refractivity (Wildman–Crippen MR) is 96.2 cm³/mol. The zero-order valence-corrected chi connectivity index (χ0v) is 14.1. The van der Waals surface area contributed by atoms with Gasteiger partial charge in [0.25, 0.3) is 5.91 Å². The van der Waals surface area contributed by atoms with Gasteiger partial charge in [-0.3, -0.25) is 4.79 Å². The van der Waals surface area contributed by atoms with Gasteiger partial charge >= 0.3 is 0 Å². The quantitative estimate of drug-likeness (QED) is 0.938. The zero-order valence-electron chi connectivity index (χ0n) is 14.1. The van der Waals surface area contributed by atoms with E-state index in [0.29, 0.717) is 12.1 Å². The normalized spacial score (nSPS) is 17.6. The fourth-order valence-electron chi connectivity index (χ4n) is 3.36. The summed E-state index contributed by atoms with van der Waals surface area (Å²) < 4.78 is 5.48. The summed E-state index contributed by atoms with van der Waals surface area (Å²) in [6.45, 7) is 1.31. The molecule has 1 fully saturated rings. The Balaban J connectivity index is 1.95. The van der Waals surface area contributed by atoms with E-state index in [-0.39, 0.29) is 11.9 Å². The number of nitrogens with two attached hydrogens (primary N) is 1. The van der Waals surface area contributed by atoms with E-state index in [1.807, 2.05) is 53.4 Å². The molecule has 0 unspecified atom stereocenters. The highest BCUT2D eigenvalue weighted by Crippen LogP contribution is 2.31. The highest BCUT2D eigenvalue weighted by molar-refractivity contribution is 5.96. The van der Waals surface area contributed by atoms with E-state index >= 15 is 0 Å². The van der Waals surface area contributed by atoms with Crippen LogP contribution < -0.4 is 10.5 Å². The number of methoxy groups -OCH3 is 1. The van der Waals surface area contributed by atoms with Crippen molar-refractivity contribution in [3.8, 4) is 16.9 Å². The molecule has 126 valence electrons. The van der Waals surface area contributed by atoms with Gasteiger partial charge in [-0.05, 0) is 43.0 Å². The molecule has 24 heavy (non-hydrogen) atoms. The molecular weight excluding hydrogens is 300 g/mol. The molecule has 0 aromatic heterocycles. The van der Waals surface area contributed by atoms with Crippen molar-refractivity contribution < 1.29 is 9.53 Å². The van der Waals surface area contributed by atoms with Gasteiger partial charge < -0.3 is 15.4 Å². The lowest BCUT2D eigenvalue weighted by atomic mass is 9.98. The summed E-state index contributed by atoms with van der Waals surface area (Å²) in [7, 11) is 1.65. The molecule has 1 amide bonds. The Bertz CT molecular complexity index is 700. The number of hydrogen-bond donors (Lipinski definition) is 1. The predicted octanol–water partition coefficient (Wildman–Crippen LogP) is 3.32. The van der Waals surface area contributed by atoms with Crippen molar-refractivity contribution in [2.45, 2.75) is 25.3 Å². The number of nitrogens with zero attached hydrogens (tertiary/aromatic N) is 1. The van der Waals surface area contributed by atoms with Gasteiger partial charge in [-0.25, -0.2) is 0 Å². The number of carbonyl (C=O) groups is 1. The van der Waals surface area contributed by atoms with Crippen LogP contribution >= 0.6 is 0 Å². The van der Waals surface area contributed by atoms with Crippen molar-refractivity contribution in [3.05, 3.63) is 54.1 Å². The van der Waals surface area contributed by atoms with Gasteiger partial charge in [-0.15, -0.1) is 0 Å². The van der Waals surface area contributed by atoms with Crippen molar-refractivity contribution in [2.24, 2.45) is 5.73 Å². The van der Waals surface area contributed by atoms with E-state index < -0.39 is 0 Å². The zero-order chi connectivity index (χ0) is 16.9. The molecule has 1 aliphatic heterocycles. The SMILES string of the molecule is COc1ccc(C(=O)N2CCCC[C@H]2CN)cc1-c1ccccc1. The van der Waals surface area contributed by atoms with Crippen LogP contribution in [0.4, 0.5) is 0 Å². The average molecular weight is 324 g/mol. The van der Waals surface area contributed by atoms with Gasteiger partial charge in [0, 0.05) is 30.3 Å². The molecule has 0 aliphatic carbocycles. The summed E-state index contributed by atoms with van der Waals surface area (Å²) in [6.07, 6.45) is 3.18. The number of carbonyl (C=O) groups excluding carboxylic acids is 1. The number of amides is 1. The van der Waals surface area contributed by atoms with Gasteiger partial charge in [-0.2, -0.15) is 0 Å². The fourth-order valence-corrected chi connectivity index (χ4v) is 3.36. The Hall–Kier alpha value is -2.33. The lowest BCUT2D eigenvalue weighted by molar-refractivity contribution is 0.0623. The third kappa shape index (κ3) is 3.29. The maximum atomic E-state index is 13.0. The van der Waals surface area contributed by atoms with Crippen LogP contribution in [0.15, 0.2) is 48.5 Å². The Morgan fingerprint density at radius 2 is 2.00 bits per heavy atom. The third-order valence-electron chi connectivity index (χ3n) is 4.69. The van der Waals surface area contributed by atoms with Crippen LogP contribution in [0.25, 0.3) is 11.1 Å². The summed E-state index contributed by atoms with van der Waals surface area (Å²) in [5.74, 6) is 0.830. The van der Waals surface area contributed by atoms with Crippen LogP contribution in [0.3, 0.4) is 0 Å². The van der Waals surface area contributed by atoms with E-state index in [2.05, 4.69) is 0 Å². The third-order valence-corrected chi connectivity index (χ3v) is 4.69. The second kappa shape index (κ2) is 7.49. The number of rotatable bonds is 4. The van der Waals surface area contributed by atoms with Gasteiger partial charge in [0.2, 0.25) is 0 Å². The minimum atomic E-state index is 0.0602. The molecule has 0 bridgehead atoms. The maximum Gasteiger partial charge on any atom is 0.254 e. The Labute approximate surface area is 143 Å². The minimum Gasteiger partial charge on any atom is -0.496 e. The van der Waals surface area contributed by atoms with Crippen LogP contribution in [0.1, 0.15) is 29.6 Å². The van der Waals surface area contributed by atoms with Gasteiger partial charge in [-0.1, -0.05) is 30.3 Å². The monoisotopic (exact) mass is 324 g/mol. The molecule has 1 heterocycles.